The second-order valence-electron chi connectivity index (χ2n) is 1.68. The van der Waals surface area contributed by atoms with E-state index in [1.807, 2.05) is 0 Å². The predicted molar refractivity (Wildman–Crippen MR) is 30.6 cm³/mol. The van der Waals surface area contributed by atoms with Crippen LogP contribution in [0.5, 0.6) is 0 Å². The molecule has 0 aliphatic heterocycles. The van der Waals surface area contributed by atoms with Gasteiger partial charge in [0.2, 0.25) is 0 Å². The summed E-state index contributed by atoms with van der Waals surface area (Å²) in [6.07, 6.45) is 0.137. The van der Waals surface area contributed by atoms with Crippen LogP contribution in [0.2, 0.25) is 0 Å². The van der Waals surface area contributed by atoms with Gasteiger partial charge < -0.3 is 0 Å². The largest absolute Gasteiger partial charge is 0.298 e. The number of hydrogen-bond donors (Lipinski definition) is 0. The first-order chi connectivity index (χ1) is 4.75. The molecule has 0 bridgehead atoms. The molecule has 1 aromatic rings. The molecule has 0 fully saturated rings. The maximum atomic E-state index is 12.3. The van der Waals surface area contributed by atoms with Gasteiger partial charge in [0.1, 0.15) is 11.6 Å². The Bertz CT molecular complexity index is 238. The van der Waals surface area contributed by atoms with Gasteiger partial charge in [-0.15, -0.1) is 0 Å². The Balaban J connectivity index is 3.30. The minimum absolute atomic E-state index is 0.137. The van der Waals surface area contributed by atoms with Crippen LogP contribution in [-0.4, -0.2) is 6.29 Å². The Hall–Kier alpha value is -1.25. The SMILES string of the molecule is O=Cc1c(F)c[c]cc1F. The lowest BCUT2D eigenvalue weighted by atomic mass is 10.2. The first kappa shape index (κ1) is 6.86. The lowest BCUT2D eigenvalue weighted by Gasteiger charge is -1.92. The summed E-state index contributed by atoms with van der Waals surface area (Å²) in [6.45, 7) is 0. The molecule has 3 heteroatoms. The molecule has 0 atom stereocenters. The molecule has 1 rings (SSSR count). The van der Waals surface area contributed by atoms with Crippen LogP contribution >= 0.6 is 0 Å². The summed E-state index contributed by atoms with van der Waals surface area (Å²) in [5, 5.41) is 0. The molecule has 1 nitrogen and oxygen atoms in total. The van der Waals surface area contributed by atoms with Gasteiger partial charge in [-0.1, -0.05) is 0 Å². The van der Waals surface area contributed by atoms with Crippen molar-refractivity contribution in [2.75, 3.05) is 0 Å². The fourth-order valence-corrected chi connectivity index (χ4v) is 0.570. The highest BCUT2D eigenvalue weighted by Gasteiger charge is 2.04. The first-order valence-electron chi connectivity index (χ1n) is 2.56. The highest BCUT2D eigenvalue weighted by Crippen LogP contribution is 2.07. The van der Waals surface area contributed by atoms with Gasteiger partial charge in [0.15, 0.2) is 6.29 Å². The highest BCUT2D eigenvalue weighted by atomic mass is 19.1. The van der Waals surface area contributed by atoms with Gasteiger partial charge >= 0.3 is 0 Å². The van der Waals surface area contributed by atoms with Crippen LogP contribution < -0.4 is 0 Å². The molecular formula is C7H3F2O. The standard InChI is InChI=1S/C7H3F2O/c8-6-2-1-3-7(9)5(6)4-10/h2-4H. The van der Waals surface area contributed by atoms with E-state index in [-0.39, 0.29) is 6.29 Å². The fourth-order valence-electron chi connectivity index (χ4n) is 0.570. The van der Waals surface area contributed by atoms with Crippen LogP contribution in [-0.2, 0) is 0 Å². The summed E-state index contributed by atoms with van der Waals surface area (Å²) in [4.78, 5) is 9.95. The van der Waals surface area contributed by atoms with Crippen LogP contribution in [0.15, 0.2) is 12.1 Å². The van der Waals surface area contributed by atoms with Gasteiger partial charge in [-0.05, 0) is 18.2 Å². The van der Waals surface area contributed by atoms with Crippen LogP contribution in [0, 0.1) is 17.7 Å². The Morgan fingerprint density at radius 3 is 2.10 bits per heavy atom. The van der Waals surface area contributed by atoms with Crippen molar-refractivity contribution in [1.82, 2.24) is 0 Å². The van der Waals surface area contributed by atoms with Crippen molar-refractivity contribution in [2.24, 2.45) is 0 Å². The van der Waals surface area contributed by atoms with Crippen molar-refractivity contribution in [2.45, 2.75) is 0 Å². The van der Waals surface area contributed by atoms with E-state index in [1.165, 1.54) is 0 Å². The molecular weight excluding hydrogens is 138 g/mol. The first-order valence-corrected chi connectivity index (χ1v) is 2.56. The molecule has 0 N–H and O–H groups in total. The average molecular weight is 141 g/mol. The van der Waals surface area contributed by atoms with Gasteiger partial charge in [0.05, 0.1) is 5.56 Å². The van der Waals surface area contributed by atoms with Crippen molar-refractivity contribution in [1.29, 1.82) is 0 Å². The number of rotatable bonds is 1. The lowest BCUT2D eigenvalue weighted by molar-refractivity contribution is 0.111. The quantitative estimate of drug-likeness (QED) is 0.542. The fraction of sp³-hybridized carbons (Fsp3) is 0. The zero-order chi connectivity index (χ0) is 7.56. The molecule has 0 saturated heterocycles. The van der Waals surface area contributed by atoms with Crippen LogP contribution in [0.3, 0.4) is 0 Å². The summed E-state index contributed by atoms with van der Waals surface area (Å²) >= 11 is 0. The lowest BCUT2D eigenvalue weighted by Crippen LogP contribution is -1.91. The second-order valence-corrected chi connectivity index (χ2v) is 1.68. The van der Waals surface area contributed by atoms with E-state index < -0.39 is 17.2 Å². The Labute approximate surface area is 56.3 Å². The molecule has 0 amide bonds. The average Bonchev–Trinajstić information content (AvgIpc) is 1.88. The Morgan fingerprint density at radius 2 is 1.80 bits per heavy atom. The van der Waals surface area contributed by atoms with Gasteiger partial charge in [-0.3, -0.25) is 4.79 Å². The van der Waals surface area contributed by atoms with Crippen molar-refractivity contribution in [3.8, 4) is 0 Å². The monoisotopic (exact) mass is 141 g/mol. The topological polar surface area (TPSA) is 17.1 Å². The van der Waals surface area contributed by atoms with E-state index in [0.29, 0.717) is 0 Å². The minimum atomic E-state index is -0.880. The molecule has 1 aromatic carbocycles. The summed E-state index contributed by atoms with van der Waals surface area (Å²) in [5.74, 6) is -1.76. The normalized spacial score (nSPS) is 9.40. The number of halogens is 2. The molecule has 0 aliphatic rings. The molecule has 1 radical (unpaired) electrons. The maximum Gasteiger partial charge on any atom is 0.155 e. The van der Waals surface area contributed by atoms with Crippen molar-refractivity contribution in [3.05, 3.63) is 35.4 Å². The highest BCUT2D eigenvalue weighted by molar-refractivity contribution is 5.75. The van der Waals surface area contributed by atoms with Crippen molar-refractivity contribution in [3.63, 3.8) is 0 Å². The van der Waals surface area contributed by atoms with Crippen molar-refractivity contribution >= 4 is 6.29 Å². The van der Waals surface area contributed by atoms with Crippen LogP contribution in [0.25, 0.3) is 0 Å². The maximum absolute atomic E-state index is 12.3. The predicted octanol–water partition coefficient (Wildman–Crippen LogP) is 1.58. The number of benzene rings is 1. The van der Waals surface area contributed by atoms with Gasteiger partial charge in [-0.25, -0.2) is 8.78 Å². The molecule has 10 heavy (non-hydrogen) atoms. The summed E-state index contributed by atoms with van der Waals surface area (Å²) in [6, 6.07) is 4.01. The van der Waals surface area contributed by atoms with Gasteiger partial charge in [0.25, 0.3) is 0 Å². The molecule has 0 saturated carbocycles. The Morgan fingerprint density at radius 1 is 1.30 bits per heavy atom. The van der Waals surface area contributed by atoms with E-state index in [1.54, 1.807) is 0 Å². The molecule has 0 aliphatic carbocycles. The molecule has 0 aromatic heterocycles. The second kappa shape index (κ2) is 2.56. The van der Waals surface area contributed by atoms with E-state index in [0.717, 1.165) is 12.1 Å². The number of carbonyl (C=O) groups excluding carboxylic acids is 1. The molecule has 0 unspecified atom stereocenters. The van der Waals surface area contributed by atoms with E-state index >= 15 is 0 Å². The number of hydrogen-bond acceptors (Lipinski definition) is 1. The van der Waals surface area contributed by atoms with E-state index in [2.05, 4.69) is 6.07 Å². The van der Waals surface area contributed by atoms with Crippen LogP contribution in [0.4, 0.5) is 8.78 Å². The van der Waals surface area contributed by atoms with Crippen LogP contribution in [0.1, 0.15) is 10.4 Å². The molecule has 51 valence electrons. The van der Waals surface area contributed by atoms with Crippen molar-refractivity contribution < 1.29 is 13.6 Å². The van der Waals surface area contributed by atoms with E-state index in [4.69, 9.17) is 0 Å². The zero-order valence-electron chi connectivity index (χ0n) is 4.90. The zero-order valence-corrected chi connectivity index (χ0v) is 4.90. The molecule has 0 heterocycles. The third kappa shape index (κ3) is 1.03. The smallest absolute Gasteiger partial charge is 0.155 e. The summed E-state index contributed by atoms with van der Waals surface area (Å²) in [7, 11) is 0. The summed E-state index contributed by atoms with van der Waals surface area (Å²) in [5.41, 5.74) is -0.543. The van der Waals surface area contributed by atoms with E-state index in [9.17, 15) is 13.6 Å². The molecule has 0 spiro atoms. The number of carbonyl (C=O) groups is 1. The third-order valence-electron chi connectivity index (χ3n) is 1.05. The van der Waals surface area contributed by atoms with Gasteiger partial charge in [0, 0.05) is 0 Å². The summed E-state index contributed by atoms with van der Waals surface area (Å²) < 4.78 is 24.7. The number of aldehydes is 1. The Kier molecular flexibility index (Phi) is 1.76. The van der Waals surface area contributed by atoms with Gasteiger partial charge in [-0.2, -0.15) is 0 Å². The third-order valence-corrected chi connectivity index (χ3v) is 1.05. The minimum Gasteiger partial charge on any atom is -0.298 e.